The van der Waals surface area contributed by atoms with E-state index in [9.17, 15) is 0 Å². The van der Waals surface area contributed by atoms with Crippen LogP contribution in [0.4, 0.5) is 5.69 Å². The Kier molecular flexibility index (Phi) is 6.03. The van der Waals surface area contributed by atoms with E-state index >= 15 is 0 Å². The second-order valence-electron chi connectivity index (χ2n) is 4.19. The molecule has 0 saturated heterocycles. The molecule has 1 N–H and O–H groups in total. The smallest absolute Gasteiger partial charge is 0.142 e. The summed E-state index contributed by atoms with van der Waals surface area (Å²) < 4.78 is 5.32. The summed E-state index contributed by atoms with van der Waals surface area (Å²) in [7, 11) is 3.62. The minimum absolute atomic E-state index is 0.167. The lowest BCUT2D eigenvalue weighted by molar-refractivity contribution is 0.414. The van der Waals surface area contributed by atoms with Gasteiger partial charge in [0.1, 0.15) is 11.8 Å². The van der Waals surface area contributed by atoms with Crippen LogP contribution in [0.2, 0.25) is 0 Å². The van der Waals surface area contributed by atoms with Crippen molar-refractivity contribution in [2.24, 2.45) is 0 Å². The van der Waals surface area contributed by atoms with E-state index < -0.39 is 0 Å². The molecule has 0 spiro atoms. The molecule has 0 heterocycles. The number of para-hydroxylation sites is 2. The lowest BCUT2D eigenvalue weighted by Crippen LogP contribution is -2.39. The van der Waals surface area contributed by atoms with Crippen molar-refractivity contribution in [2.45, 2.75) is 19.4 Å². The first-order valence-electron chi connectivity index (χ1n) is 6.20. The second-order valence-corrected chi connectivity index (χ2v) is 4.19. The molecule has 4 heteroatoms. The molecular formula is C14H21N3O. The van der Waals surface area contributed by atoms with Gasteiger partial charge in [-0.15, -0.1) is 0 Å². The van der Waals surface area contributed by atoms with Crippen LogP contribution in [0.3, 0.4) is 0 Å². The fourth-order valence-corrected chi connectivity index (χ4v) is 1.79. The third kappa shape index (κ3) is 3.94. The Morgan fingerprint density at radius 1 is 1.44 bits per heavy atom. The molecule has 0 aliphatic heterocycles. The molecule has 1 unspecified atom stereocenters. The summed E-state index contributed by atoms with van der Waals surface area (Å²) in [6, 6.07) is 9.94. The molecule has 0 amide bonds. The zero-order valence-corrected chi connectivity index (χ0v) is 11.3. The van der Waals surface area contributed by atoms with Crippen LogP contribution in [0.15, 0.2) is 24.3 Å². The number of benzene rings is 1. The highest BCUT2D eigenvalue weighted by Crippen LogP contribution is 2.26. The maximum absolute atomic E-state index is 9.10. The molecule has 0 aromatic heterocycles. The van der Waals surface area contributed by atoms with Crippen molar-refractivity contribution in [3.63, 3.8) is 0 Å². The summed E-state index contributed by atoms with van der Waals surface area (Å²) in [4.78, 5) is 2.04. The highest BCUT2D eigenvalue weighted by atomic mass is 16.5. The van der Waals surface area contributed by atoms with E-state index in [0.29, 0.717) is 6.54 Å². The Morgan fingerprint density at radius 2 is 2.17 bits per heavy atom. The van der Waals surface area contributed by atoms with Gasteiger partial charge in [-0.2, -0.15) is 5.26 Å². The third-order valence-corrected chi connectivity index (χ3v) is 2.75. The summed E-state index contributed by atoms with van der Waals surface area (Å²) >= 11 is 0. The molecule has 0 saturated carbocycles. The van der Waals surface area contributed by atoms with Gasteiger partial charge < -0.3 is 15.0 Å². The second kappa shape index (κ2) is 7.57. The number of likely N-dealkylation sites (N-methyl/N-ethyl adjacent to an activating group) is 1. The van der Waals surface area contributed by atoms with E-state index in [4.69, 9.17) is 10.00 Å². The van der Waals surface area contributed by atoms with Crippen molar-refractivity contribution in [2.75, 3.05) is 32.1 Å². The quantitative estimate of drug-likeness (QED) is 0.801. The van der Waals surface area contributed by atoms with Crippen molar-refractivity contribution >= 4 is 5.69 Å². The Labute approximate surface area is 109 Å². The van der Waals surface area contributed by atoms with Crippen molar-refractivity contribution in [1.82, 2.24) is 5.32 Å². The van der Waals surface area contributed by atoms with Crippen molar-refractivity contribution in [1.29, 1.82) is 5.26 Å². The van der Waals surface area contributed by atoms with Crippen LogP contribution in [-0.2, 0) is 0 Å². The van der Waals surface area contributed by atoms with Gasteiger partial charge >= 0.3 is 0 Å². The normalized spacial score (nSPS) is 11.7. The largest absolute Gasteiger partial charge is 0.495 e. The first-order chi connectivity index (χ1) is 8.72. The third-order valence-electron chi connectivity index (χ3n) is 2.75. The van der Waals surface area contributed by atoms with Gasteiger partial charge in [-0.05, 0) is 25.1 Å². The first-order valence-corrected chi connectivity index (χ1v) is 6.20. The monoisotopic (exact) mass is 247 g/mol. The van der Waals surface area contributed by atoms with Crippen LogP contribution in [-0.4, -0.2) is 33.3 Å². The standard InChI is InChI=1S/C14H21N3O/c1-4-9-16-12(10-15)11-17(2)13-7-5-6-8-14(13)18-3/h5-8,12,16H,4,9,11H2,1-3H3. The molecule has 1 rings (SSSR count). The van der Waals surface area contributed by atoms with Crippen molar-refractivity contribution in [3.05, 3.63) is 24.3 Å². The Hall–Kier alpha value is -1.73. The number of rotatable bonds is 7. The highest BCUT2D eigenvalue weighted by Gasteiger charge is 2.13. The maximum Gasteiger partial charge on any atom is 0.142 e. The lowest BCUT2D eigenvalue weighted by atomic mass is 10.2. The molecule has 0 aliphatic rings. The molecule has 18 heavy (non-hydrogen) atoms. The number of nitrogens with zero attached hydrogens (tertiary/aromatic N) is 2. The molecule has 1 aromatic carbocycles. The predicted octanol–water partition coefficient (Wildman–Crippen LogP) is 2.02. The number of ether oxygens (including phenoxy) is 1. The zero-order chi connectivity index (χ0) is 13.4. The zero-order valence-electron chi connectivity index (χ0n) is 11.3. The number of nitrogens with one attached hydrogen (secondary N) is 1. The average Bonchev–Trinajstić information content (AvgIpc) is 2.43. The van der Waals surface area contributed by atoms with Gasteiger partial charge in [0, 0.05) is 13.6 Å². The highest BCUT2D eigenvalue weighted by molar-refractivity contribution is 5.58. The predicted molar refractivity (Wildman–Crippen MR) is 74.0 cm³/mol. The molecule has 0 fully saturated rings. The summed E-state index contributed by atoms with van der Waals surface area (Å²) in [5, 5.41) is 12.3. The number of hydrogen-bond acceptors (Lipinski definition) is 4. The minimum atomic E-state index is -0.167. The molecule has 0 aliphatic carbocycles. The summed E-state index contributed by atoms with van der Waals surface area (Å²) in [5.41, 5.74) is 0.999. The molecule has 0 radical (unpaired) electrons. The fraction of sp³-hybridized carbons (Fsp3) is 0.500. The topological polar surface area (TPSA) is 48.3 Å². The van der Waals surface area contributed by atoms with Gasteiger partial charge in [0.15, 0.2) is 0 Å². The molecule has 1 aromatic rings. The van der Waals surface area contributed by atoms with E-state index in [-0.39, 0.29) is 6.04 Å². The average molecular weight is 247 g/mol. The number of methoxy groups -OCH3 is 1. The van der Waals surface area contributed by atoms with Crippen LogP contribution in [0.1, 0.15) is 13.3 Å². The number of hydrogen-bond donors (Lipinski definition) is 1. The van der Waals surface area contributed by atoms with E-state index in [0.717, 1.165) is 24.4 Å². The number of anilines is 1. The summed E-state index contributed by atoms with van der Waals surface area (Å²) in [6.07, 6.45) is 1.02. The van der Waals surface area contributed by atoms with Gasteiger partial charge in [-0.3, -0.25) is 0 Å². The van der Waals surface area contributed by atoms with Gasteiger partial charge in [0.05, 0.1) is 18.9 Å². The van der Waals surface area contributed by atoms with Crippen LogP contribution >= 0.6 is 0 Å². The SMILES string of the molecule is CCCNC(C#N)CN(C)c1ccccc1OC. The maximum atomic E-state index is 9.10. The molecular weight excluding hydrogens is 226 g/mol. The first kappa shape index (κ1) is 14.3. The Bertz CT molecular complexity index is 400. The van der Waals surface area contributed by atoms with Crippen LogP contribution in [0.25, 0.3) is 0 Å². The van der Waals surface area contributed by atoms with Crippen molar-refractivity contribution < 1.29 is 4.74 Å². The molecule has 4 nitrogen and oxygen atoms in total. The van der Waals surface area contributed by atoms with Gasteiger partial charge in [-0.25, -0.2) is 0 Å². The van der Waals surface area contributed by atoms with Crippen molar-refractivity contribution in [3.8, 4) is 11.8 Å². The molecule has 0 bridgehead atoms. The Balaban J connectivity index is 2.69. The Morgan fingerprint density at radius 3 is 2.78 bits per heavy atom. The van der Waals surface area contributed by atoms with E-state index in [1.165, 1.54) is 0 Å². The molecule has 98 valence electrons. The van der Waals surface area contributed by atoms with E-state index in [1.54, 1.807) is 7.11 Å². The number of nitriles is 1. The van der Waals surface area contributed by atoms with E-state index in [2.05, 4.69) is 18.3 Å². The van der Waals surface area contributed by atoms with Crippen LogP contribution in [0, 0.1) is 11.3 Å². The lowest BCUT2D eigenvalue weighted by Gasteiger charge is -2.24. The van der Waals surface area contributed by atoms with Gasteiger partial charge in [-0.1, -0.05) is 19.1 Å². The van der Waals surface area contributed by atoms with Crippen LogP contribution in [0.5, 0.6) is 5.75 Å². The minimum Gasteiger partial charge on any atom is -0.495 e. The van der Waals surface area contributed by atoms with Gasteiger partial charge in [0.2, 0.25) is 0 Å². The fourth-order valence-electron chi connectivity index (χ4n) is 1.79. The molecule has 1 atom stereocenters. The van der Waals surface area contributed by atoms with E-state index in [1.807, 2.05) is 36.2 Å². The summed E-state index contributed by atoms with van der Waals surface area (Å²) in [6.45, 7) is 3.58. The summed E-state index contributed by atoms with van der Waals surface area (Å²) in [5.74, 6) is 0.826. The van der Waals surface area contributed by atoms with Crippen LogP contribution < -0.4 is 15.0 Å². The van der Waals surface area contributed by atoms with Gasteiger partial charge in [0.25, 0.3) is 0 Å².